The Kier molecular flexibility index (Phi) is 4.04. The van der Waals surface area contributed by atoms with E-state index in [1.807, 2.05) is 0 Å². The molecule has 0 saturated heterocycles. The van der Waals surface area contributed by atoms with E-state index in [1.54, 1.807) is 0 Å². The predicted octanol–water partition coefficient (Wildman–Crippen LogP) is 3.88. The maximum atomic E-state index is 13.0. The van der Waals surface area contributed by atoms with Gasteiger partial charge in [0, 0.05) is 0 Å². The molecule has 0 aliphatic carbocycles. The quantitative estimate of drug-likeness (QED) is 0.683. The van der Waals surface area contributed by atoms with Crippen molar-refractivity contribution in [2.24, 2.45) is 0 Å². The molecule has 0 bridgehead atoms. The van der Waals surface area contributed by atoms with Gasteiger partial charge in [0.15, 0.2) is 0 Å². The van der Waals surface area contributed by atoms with Gasteiger partial charge < -0.3 is 9.84 Å². The lowest BCUT2D eigenvalue weighted by Gasteiger charge is -2.08. The number of nitrogens with zero attached hydrogens (tertiary/aromatic N) is 1. The van der Waals surface area contributed by atoms with Gasteiger partial charge in [-0.1, -0.05) is 11.6 Å². The van der Waals surface area contributed by atoms with E-state index in [0.717, 1.165) is 24.3 Å². The van der Waals surface area contributed by atoms with Crippen LogP contribution < -0.4 is 4.74 Å². The number of hydrogen-bond donors (Lipinski definition) is 1. The standard InChI is InChI=1S/C13H7ClFNO5/c14-9-5-7(13(17)18)1-3-11(9)21-12-4-2-8(15)6-10(12)16(19)20/h1-6H,(H,17,18). The van der Waals surface area contributed by atoms with Gasteiger partial charge in [-0.05, 0) is 30.3 Å². The monoisotopic (exact) mass is 311 g/mol. The van der Waals surface area contributed by atoms with E-state index in [0.29, 0.717) is 0 Å². The molecular weight excluding hydrogens is 305 g/mol. The number of aromatic carboxylic acids is 1. The summed E-state index contributed by atoms with van der Waals surface area (Å²) in [6.07, 6.45) is 0. The lowest BCUT2D eigenvalue weighted by atomic mass is 10.2. The van der Waals surface area contributed by atoms with E-state index in [1.165, 1.54) is 12.1 Å². The molecule has 2 aromatic rings. The van der Waals surface area contributed by atoms with Crippen LogP contribution in [0, 0.1) is 15.9 Å². The Morgan fingerprint density at radius 3 is 2.48 bits per heavy atom. The van der Waals surface area contributed by atoms with Gasteiger partial charge in [0.25, 0.3) is 0 Å². The third-order valence-electron chi connectivity index (χ3n) is 2.52. The van der Waals surface area contributed by atoms with E-state index < -0.39 is 22.4 Å². The molecule has 6 nitrogen and oxygen atoms in total. The zero-order valence-electron chi connectivity index (χ0n) is 10.2. The molecule has 0 radical (unpaired) electrons. The molecule has 21 heavy (non-hydrogen) atoms. The van der Waals surface area contributed by atoms with Gasteiger partial charge in [-0.25, -0.2) is 9.18 Å². The number of carboxylic acid groups (broad SMARTS) is 1. The lowest BCUT2D eigenvalue weighted by molar-refractivity contribution is -0.385. The zero-order valence-corrected chi connectivity index (χ0v) is 11.0. The first-order valence-electron chi connectivity index (χ1n) is 5.53. The van der Waals surface area contributed by atoms with Crippen LogP contribution in [0.2, 0.25) is 5.02 Å². The first kappa shape index (κ1) is 14.7. The number of nitro benzene ring substituents is 1. The van der Waals surface area contributed by atoms with Crippen LogP contribution in [0.3, 0.4) is 0 Å². The van der Waals surface area contributed by atoms with E-state index in [4.69, 9.17) is 21.4 Å². The number of benzene rings is 2. The van der Waals surface area contributed by atoms with Crippen molar-refractivity contribution in [3.8, 4) is 11.5 Å². The number of rotatable bonds is 4. The van der Waals surface area contributed by atoms with Crippen LogP contribution in [-0.2, 0) is 0 Å². The maximum absolute atomic E-state index is 13.0. The first-order valence-corrected chi connectivity index (χ1v) is 5.91. The molecule has 0 aromatic heterocycles. The third kappa shape index (κ3) is 3.26. The lowest BCUT2D eigenvalue weighted by Crippen LogP contribution is -1.97. The molecule has 2 aromatic carbocycles. The van der Waals surface area contributed by atoms with E-state index in [-0.39, 0.29) is 22.1 Å². The third-order valence-corrected chi connectivity index (χ3v) is 2.81. The molecule has 0 saturated carbocycles. The summed E-state index contributed by atoms with van der Waals surface area (Å²) in [5.41, 5.74) is -0.616. The van der Waals surface area contributed by atoms with Crippen molar-refractivity contribution in [1.82, 2.24) is 0 Å². The number of nitro groups is 1. The molecule has 108 valence electrons. The van der Waals surface area contributed by atoms with Crippen LogP contribution in [0.1, 0.15) is 10.4 Å². The minimum atomic E-state index is -1.17. The number of hydrogen-bond acceptors (Lipinski definition) is 4. The van der Waals surface area contributed by atoms with Crippen LogP contribution in [0.15, 0.2) is 36.4 Å². The van der Waals surface area contributed by atoms with E-state index in [9.17, 15) is 19.3 Å². The molecule has 0 aliphatic heterocycles. The normalized spacial score (nSPS) is 10.2. The van der Waals surface area contributed by atoms with Gasteiger partial charge in [-0.3, -0.25) is 10.1 Å². The second-order valence-electron chi connectivity index (χ2n) is 3.92. The highest BCUT2D eigenvalue weighted by atomic mass is 35.5. The minimum absolute atomic E-state index is 0.0244. The predicted molar refractivity (Wildman–Crippen MR) is 71.5 cm³/mol. The van der Waals surface area contributed by atoms with Gasteiger partial charge in [-0.15, -0.1) is 0 Å². The summed E-state index contributed by atoms with van der Waals surface area (Å²) < 4.78 is 18.3. The summed E-state index contributed by atoms with van der Waals surface area (Å²) in [6.45, 7) is 0. The highest BCUT2D eigenvalue weighted by molar-refractivity contribution is 6.32. The Hall–Kier alpha value is -2.67. The van der Waals surface area contributed by atoms with E-state index in [2.05, 4.69) is 0 Å². The number of carbonyl (C=O) groups is 1. The zero-order chi connectivity index (χ0) is 15.6. The van der Waals surface area contributed by atoms with Crippen LogP contribution >= 0.6 is 11.6 Å². The SMILES string of the molecule is O=C(O)c1ccc(Oc2ccc(F)cc2[N+](=O)[O-])c(Cl)c1. The Morgan fingerprint density at radius 2 is 1.90 bits per heavy atom. The van der Waals surface area contributed by atoms with Crippen molar-refractivity contribution in [3.63, 3.8) is 0 Å². The average Bonchev–Trinajstić information content (AvgIpc) is 2.42. The highest BCUT2D eigenvalue weighted by Crippen LogP contribution is 2.35. The van der Waals surface area contributed by atoms with Gasteiger partial charge >= 0.3 is 11.7 Å². The van der Waals surface area contributed by atoms with Crippen molar-refractivity contribution >= 4 is 23.3 Å². The molecule has 0 atom stereocenters. The average molecular weight is 312 g/mol. The fourth-order valence-corrected chi connectivity index (χ4v) is 1.77. The summed E-state index contributed by atoms with van der Waals surface area (Å²) in [6, 6.07) is 6.46. The highest BCUT2D eigenvalue weighted by Gasteiger charge is 2.18. The molecule has 8 heteroatoms. The largest absolute Gasteiger partial charge is 0.478 e. The summed E-state index contributed by atoms with van der Waals surface area (Å²) in [4.78, 5) is 20.8. The van der Waals surface area contributed by atoms with Crippen molar-refractivity contribution in [2.75, 3.05) is 0 Å². The molecule has 0 heterocycles. The first-order chi connectivity index (χ1) is 9.88. The van der Waals surface area contributed by atoms with Crippen molar-refractivity contribution < 1.29 is 24.0 Å². The van der Waals surface area contributed by atoms with Crippen LogP contribution in [-0.4, -0.2) is 16.0 Å². The fourth-order valence-electron chi connectivity index (χ4n) is 1.55. The van der Waals surface area contributed by atoms with Crippen LogP contribution in [0.25, 0.3) is 0 Å². The summed E-state index contributed by atoms with van der Waals surface area (Å²) in [7, 11) is 0. The van der Waals surface area contributed by atoms with Crippen molar-refractivity contribution in [1.29, 1.82) is 0 Å². The summed E-state index contributed by atoms with van der Waals surface area (Å²) in [5.74, 6) is -2.12. The van der Waals surface area contributed by atoms with Gasteiger partial charge in [0.05, 0.1) is 21.6 Å². The molecule has 0 fully saturated rings. The van der Waals surface area contributed by atoms with E-state index >= 15 is 0 Å². The molecule has 0 amide bonds. The topological polar surface area (TPSA) is 89.7 Å². The molecule has 2 rings (SSSR count). The Labute approximate surface area is 122 Å². The number of ether oxygens (including phenoxy) is 1. The van der Waals surface area contributed by atoms with Crippen molar-refractivity contribution in [2.45, 2.75) is 0 Å². The van der Waals surface area contributed by atoms with Crippen molar-refractivity contribution in [3.05, 3.63) is 62.9 Å². The summed E-state index contributed by atoms with van der Waals surface area (Å²) in [5, 5.41) is 19.6. The van der Waals surface area contributed by atoms with Crippen LogP contribution in [0.5, 0.6) is 11.5 Å². The van der Waals surface area contributed by atoms with Gasteiger partial charge in [0.2, 0.25) is 5.75 Å². The smallest absolute Gasteiger partial charge is 0.335 e. The maximum Gasteiger partial charge on any atom is 0.335 e. The van der Waals surface area contributed by atoms with Crippen LogP contribution in [0.4, 0.5) is 10.1 Å². The second-order valence-corrected chi connectivity index (χ2v) is 4.33. The summed E-state index contributed by atoms with van der Waals surface area (Å²) >= 11 is 5.85. The fraction of sp³-hybridized carbons (Fsp3) is 0. The Morgan fingerprint density at radius 1 is 1.24 bits per heavy atom. The molecular formula is C13H7ClFNO5. The van der Waals surface area contributed by atoms with Gasteiger partial charge in [0.1, 0.15) is 11.6 Å². The molecule has 0 spiro atoms. The minimum Gasteiger partial charge on any atom is -0.478 e. The molecule has 1 N–H and O–H groups in total. The van der Waals surface area contributed by atoms with Gasteiger partial charge in [-0.2, -0.15) is 0 Å². The molecule has 0 aliphatic rings. The number of halogens is 2. The molecule has 0 unspecified atom stereocenters. The Bertz CT molecular complexity index is 734. The Balaban J connectivity index is 2.39. The second kappa shape index (κ2) is 5.76. The number of carboxylic acids is 1.